The maximum atomic E-state index is 5.42. The minimum Gasteiger partial charge on any atom is -0.497 e. The van der Waals surface area contributed by atoms with Crippen LogP contribution >= 0.6 is 0 Å². The van der Waals surface area contributed by atoms with E-state index in [9.17, 15) is 0 Å². The van der Waals surface area contributed by atoms with E-state index in [1.165, 1.54) is 17.0 Å². The van der Waals surface area contributed by atoms with Gasteiger partial charge in [0.15, 0.2) is 0 Å². The molecule has 2 heterocycles. The molecule has 2 aromatic heterocycles. The van der Waals surface area contributed by atoms with Crippen LogP contribution in [0.5, 0.6) is 5.75 Å². The van der Waals surface area contributed by atoms with Gasteiger partial charge >= 0.3 is 0 Å². The van der Waals surface area contributed by atoms with Crippen LogP contribution < -0.4 is 10.1 Å². The smallest absolute Gasteiger partial charge is 0.118 e. The van der Waals surface area contributed by atoms with Gasteiger partial charge in [0.1, 0.15) is 11.5 Å². The van der Waals surface area contributed by atoms with Crippen LogP contribution in [-0.4, -0.2) is 11.7 Å². The molecule has 23 heavy (non-hydrogen) atoms. The molecule has 0 amide bonds. The lowest BCUT2D eigenvalue weighted by Gasteiger charge is -2.09. The Morgan fingerprint density at radius 3 is 2.48 bits per heavy atom. The van der Waals surface area contributed by atoms with E-state index < -0.39 is 0 Å². The normalized spacial score (nSPS) is 10.9. The predicted octanol–water partition coefficient (Wildman–Crippen LogP) is 3.51. The van der Waals surface area contributed by atoms with Gasteiger partial charge in [-0.05, 0) is 42.0 Å². The molecule has 0 spiro atoms. The lowest BCUT2D eigenvalue weighted by Crippen LogP contribution is -2.15. The molecule has 1 N–H and O–H groups in total. The van der Waals surface area contributed by atoms with Gasteiger partial charge in [-0.1, -0.05) is 12.1 Å². The van der Waals surface area contributed by atoms with Crippen molar-refractivity contribution in [1.82, 2.24) is 9.88 Å². The van der Waals surface area contributed by atoms with Crippen molar-refractivity contribution in [3.63, 3.8) is 0 Å². The van der Waals surface area contributed by atoms with E-state index in [0.717, 1.165) is 31.0 Å². The highest BCUT2D eigenvalue weighted by Crippen LogP contribution is 2.14. The van der Waals surface area contributed by atoms with Crippen molar-refractivity contribution in [2.24, 2.45) is 7.05 Å². The van der Waals surface area contributed by atoms with Gasteiger partial charge in [-0.25, -0.2) is 0 Å². The fourth-order valence-corrected chi connectivity index (χ4v) is 2.63. The highest BCUT2D eigenvalue weighted by molar-refractivity contribution is 5.27. The second-order valence-corrected chi connectivity index (χ2v) is 5.58. The monoisotopic (exact) mass is 310 g/mol. The van der Waals surface area contributed by atoms with Crippen LogP contribution in [-0.2, 0) is 26.6 Å². The van der Waals surface area contributed by atoms with Crippen LogP contribution in [0.3, 0.4) is 0 Å². The van der Waals surface area contributed by atoms with Gasteiger partial charge in [-0.2, -0.15) is 0 Å². The maximum absolute atomic E-state index is 5.42. The molecule has 0 saturated carbocycles. The number of methoxy groups -OCH3 is 1. The molecular formula is C19H22N2O2. The molecule has 0 aliphatic carbocycles. The van der Waals surface area contributed by atoms with Gasteiger partial charge in [-0.3, -0.25) is 0 Å². The molecule has 3 rings (SSSR count). The Balaban J connectivity index is 1.54. The summed E-state index contributed by atoms with van der Waals surface area (Å²) in [6.07, 6.45) is 2.54. The summed E-state index contributed by atoms with van der Waals surface area (Å²) in [6.45, 7) is 1.67. The van der Waals surface area contributed by atoms with Crippen LogP contribution in [0.2, 0.25) is 0 Å². The summed E-state index contributed by atoms with van der Waals surface area (Å²) in [5.41, 5.74) is 3.76. The summed E-state index contributed by atoms with van der Waals surface area (Å²) >= 11 is 0. The first-order valence-electron chi connectivity index (χ1n) is 7.76. The van der Waals surface area contributed by atoms with Crippen molar-refractivity contribution in [2.45, 2.75) is 19.5 Å². The quantitative estimate of drug-likeness (QED) is 0.726. The number of hydrogen-bond donors (Lipinski definition) is 1. The van der Waals surface area contributed by atoms with Gasteiger partial charge in [-0.15, -0.1) is 0 Å². The number of ether oxygens (including phenoxy) is 1. The number of rotatable bonds is 7. The lowest BCUT2D eigenvalue weighted by molar-refractivity contribution is 0.414. The Kier molecular flexibility index (Phi) is 4.83. The van der Waals surface area contributed by atoms with E-state index >= 15 is 0 Å². The fourth-order valence-electron chi connectivity index (χ4n) is 2.63. The molecule has 4 nitrogen and oxygen atoms in total. The van der Waals surface area contributed by atoms with Gasteiger partial charge in [0.05, 0.1) is 13.4 Å². The summed E-state index contributed by atoms with van der Waals surface area (Å²) in [4.78, 5) is 0. The zero-order chi connectivity index (χ0) is 16.1. The van der Waals surface area contributed by atoms with Crippen LogP contribution in [0.15, 0.2) is 59.2 Å². The number of nitrogens with one attached hydrogen (secondary N) is 1. The van der Waals surface area contributed by atoms with Crippen molar-refractivity contribution in [3.8, 4) is 5.75 Å². The van der Waals surface area contributed by atoms with E-state index in [1.807, 2.05) is 24.3 Å². The largest absolute Gasteiger partial charge is 0.497 e. The first-order valence-corrected chi connectivity index (χ1v) is 7.76. The second kappa shape index (κ2) is 7.20. The fraction of sp³-hybridized carbons (Fsp3) is 0.263. The number of benzene rings is 1. The van der Waals surface area contributed by atoms with Crippen LogP contribution in [0, 0.1) is 0 Å². The molecule has 0 saturated heterocycles. The molecule has 1 aromatic carbocycles. The van der Waals surface area contributed by atoms with Gasteiger partial charge in [0, 0.05) is 37.9 Å². The van der Waals surface area contributed by atoms with E-state index in [-0.39, 0.29) is 0 Å². The molecule has 0 fully saturated rings. The molecule has 120 valence electrons. The minimum absolute atomic E-state index is 0.821. The van der Waals surface area contributed by atoms with Crippen molar-refractivity contribution >= 4 is 0 Å². The summed E-state index contributed by atoms with van der Waals surface area (Å²) in [7, 11) is 3.78. The first kappa shape index (κ1) is 15.4. The number of nitrogens with zero attached hydrogens (tertiary/aromatic N) is 1. The molecule has 0 aliphatic rings. The van der Waals surface area contributed by atoms with Crippen LogP contribution in [0.1, 0.15) is 22.7 Å². The van der Waals surface area contributed by atoms with Crippen LogP contribution in [0.25, 0.3) is 0 Å². The molecule has 0 unspecified atom stereocenters. The third-order valence-electron chi connectivity index (χ3n) is 4.06. The average Bonchev–Trinajstić information content (AvgIpc) is 3.21. The standard InChI is InChI=1S/C19H22N2O2/c1-21-16(12-19-4-3-11-23-19)7-8-17(21)14-20-13-15-5-9-18(22-2)10-6-15/h3-11,20H,12-14H2,1-2H3. The third-order valence-corrected chi connectivity index (χ3v) is 4.06. The predicted molar refractivity (Wildman–Crippen MR) is 90.5 cm³/mol. The maximum Gasteiger partial charge on any atom is 0.118 e. The van der Waals surface area contributed by atoms with Crippen molar-refractivity contribution in [1.29, 1.82) is 0 Å². The van der Waals surface area contributed by atoms with Crippen molar-refractivity contribution in [2.75, 3.05) is 7.11 Å². The number of hydrogen-bond acceptors (Lipinski definition) is 3. The molecule has 0 aliphatic heterocycles. The van der Waals surface area contributed by atoms with E-state index in [1.54, 1.807) is 13.4 Å². The molecular weight excluding hydrogens is 288 g/mol. The Bertz CT molecular complexity index is 727. The molecule has 0 bridgehead atoms. The summed E-state index contributed by atoms with van der Waals surface area (Å²) in [5, 5.41) is 3.48. The van der Waals surface area contributed by atoms with Gasteiger partial charge in [0.25, 0.3) is 0 Å². The molecule has 0 radical (unpaired) electrons. The third kappa shape index (κ3) is 3.85. The van der Waals surface area contributed by atoms with Gasteiger partial charge < -0.3 is 19.0 Å². The molecule has 0 atom stereocenters. The van der Waals surface area contributed by atoms with Gasteiger partial charge in [0.2, 0.25) is 0 Å². The minimum atomic E-state index is 0.821. The topological polar surface area (TPSA) is 39.3 Å². The summed E-state index contributed by atoms with van der Waals surface area (Å²) in [6, 6.07) is 16.4. The van der Waals surface area contributed by atoms with E-state index in [0.29, 0.717) is 0 Å². The van der Waals surface area contributed by atoms with Crippen molar-refractivity contribution < 1.29 is 9.15 Å². The zero-order valence-electron chi connectivity index (χ0n) is 13.6. The Morgan fingerprint density at radius 1 is 1.00 bits per heavy atom. The van der Waals surface area contributed by atoms with E-state index in [2.05, 4.69) is 41.2 Å². The van der Waals surface area contributed by atoms with E-state index in [4.69, 9.17) is 9.15 Å². The van der Waals surface area contributed by atoms with Crippen LogP contribution in [0.4, 0.5) is 0 Å². The lowest BCUT2D eigenvalue weighted by atomic mass is 10.2. The Morgan fingerprint density at radius 2 is 1.78 bits per heavy atom. The average molecular weight is 310 g/mol. The Hall–Kier alpha value is -2.46. The number of furan rings is 1. The Labute approximate surface area is 136 Å². The zero-order valence-corrected chi connectivity index (χ0v) is 13.6. The highest BCUT2D eigenvalue weighted by atomic mass is 16.5. The molecule has 3 aromatic rings. The molecule has 4 heteroatoms. The van der Waals surface area contributed by atoms with Crippen molar-refractivity contribution in [3.05, 3.63) is 77.5 Å². The first-order chi connectivity index (χ1) is 11.3. The number of aromatic nitrogens is 1. The summed E-state index contributed by atoms with van der Waals surface area (Å²) < 4.78 is 12.8. The highest BCUT2D eigenvalue weighted by Gasteiger charge is 2.07. The summed E-state index contributed by atoms with van der Waals surface area (Å²) in [5.74, 6) is 1.88. The second-order valence-electron chi connectivity index (χ2n) is 5.58. The SMILES string of the molecule is COc1ccc(CNCc2ccc(Cc3ccco3)n2C)cc1.